The van der Waals surface area contributed by atoms with Crippen LogP contribution in [0.2, 0.25) is 5.02 Å². The van der Waals surface area contributed by atoms with E-state index < -0.39 is 11.5 Å². The largest absolute Gasteiger partial charge is 0.488 e. The molecule has 7 nitrogen and oxygen atoms in total. The van der Waals surface area contributed by atoms with Crippen LogP contribution in [0, 0.1) is 5.82 Å². The lowest BCUT2D eigenvalue weighted by molar-refractivity contribution is 0.231. The van der Waals surface area contributed by atoms with Crippen molar-refractivity contribution in [1.29, 1.82) is 0 Å². The van der Waals surface area contributed by atoms with Crippen molar-refractivity contribution < 1.29 is 9.13 Å². The van der Waals surface area contributed by atoms with Crippen LogP contribution < -0.4 is 21.1 Å². The highest BCUT2D eigenvalue weighted by Gasteiger charge is 2.14. The van der Waals surface area contributed by atoms with Gasteiger partial charge in [-0.1, -0.05) is 54.1 Å². The predicted octanol–water partition coefficient (Wildman–Crippen LogP) is 5.62. The average molecular weight is 494 g/mol. The highest BCUT2D eigenvalue weighted by molar-refractivity contribution is 6.30. The van der Waals surface area contributed by atoms with E-state index in [1.54, 1.807) is 18.2 Å². The summed E-state index contributed by atoms with van der Waals surface area (Å²) in [4.78, 5) is 21.6. The van der Waals surface area contributed by atoms with Crippen LogP contribution >= 0.6 is 11.6 Å². The van der Waals surface area contributed by atoms with E-state index in [4.69, 9.17) is 16.3 Å². The van der Waals surface area contributed by atoms with Crippen molar-refractivity contribution in [2.24, 2.45) is 0 Å². The molecule has 0 radical (unpaired) electrons. The molecule has 0 aliphatic carbocycles. The van der Waals surface area contributed by atoms with Crippen molar-refractivity contribution in [3.8, 4) is 5.75 Å². The van der Waals surface area contributed by atoms with Crippen molar-refractivity contribution in [3.05, 3.63) is 105 Å². The van der Waals surface area contributed by atoms with Crippen LogP contribution in [0.3, 0.4) is 0 Å². The van der Waals surface area contributed by atoms with E-state index in [1.165, 1.54) is 16.7 Å². The standard InChI is InChI=1S/C26H25ClFN5O2/c1-17(2)35-23-13-12-21(14-22(23)28)30-25-31-24(29-15-18-6-4-3-5-7-18)32-26(34)33(25)16-19-8-10-20(27)11-9-19/h3-14,17H,15-16H2,1-2H3,(H2,29,30,31,32,34). The molecule has 0 spiro atoms. The number of anilines is 3. The predicted molar refractivity (Wildman–Crippen MR) is 136 cm³/mol. The van der Waals surface area contributed by atoms with E-state index in [2.05, 4.69) is 20.6 Å². The van der Waals surface area contributed by atoms with Crippen LogP contribution in [-0.4, -0.2) is 20.6 Å². The van der Waals surface area contributed by atoms with Crippen LogP contribution in [-0.2, 0) is 13.1 Å². The molecule has 0 aliphatic heterocycles. The van der Waals surface area contributed by atoms with Gasteiger partial charge in [-0.25, -0.2) is 9.18 Å². The monoisotopic (exact) mass is 493 g/mol. The summed E-state index contributed by atoms with van der Waals surface area (Å²) >= 11 is 5.99. The second-order valence-electron chi connectivity index (χ2n) is 8.14. The Morgan fingerprint density at radius 1 is 1.00 bits per heavy atom. The smallest absolute Gasteiger partial charge is 0.353 e. The number of aromatic nitrogens is 3. The van der Waals surface area contributed by atoms with E-state index in [1.807, 2.05) is 56.3 Å². The van der Waals surface area contributed by atoms with E-state index in [0.717, 1.165) is 11.1 Å². The number of hydrogen-bond donors (Lipinski definition) is 2. The summed E-state index contributed by atoms with van der Waals surface area (Å²) in [5, 5.41) is 6.73. The molecule has 4 rings (SSSR count). The maximum absolute atomic E-state index is 14.6. The molecule has 3 aromatic carbocycles. The molecule has 1 aromatic heterocycles. The molecule has 0 unspecified atom stereocenters. The number of nitrogens with zero attached hydrogens (tertiary/aromatic N) is 3. The lowest BCUT2D eigenvalue weighted by Gasteiger charge is -2.16. The molecule has 0 saturated heterocycles. The van der Waals surface area contributed by atoms with Gasteiger partial charge in [-0.2, -0.15) is 9.97 Å². The van der Waals surface area contributed by atoms with Crippen molar-refractivity contribution >= 4 is 29.2 Å². The van der Waals surface area contributed by atoms with Crippen LogP contribution in [0.15, 0.2) is 77.6 Å². The Balaban J connectivity index is 1.65. The number of halogens is 2. The molecule has 0 bridgehead atoms. The molecule has 9 heteroatoms. The quantitative estimate of drug-likeness (QED) is 0.315. The number of nitrogens with one attached hydrogen (secondary N) is 2. The Morgan fingerprint density at radius 2 is 1.74 bits per heavy atom. The molecule has 2 N–H and O–H groups in total. The first-order valence-electron chi connectivity index (χ1n) is 11.1. The maximum Gasteiger partial charge on any atom is 0.353 e. The molecule has 0 amide bonds. The Bertz CT molecular complexity index is 1340. The minimum Gasteiger partial charge on any atom is -0.488 e. The molecule has 0 aliphatic rings. The third-order valence-electron chi connectivity index (χ3n) is 5.00. The SMILES string of the molecule is CC(C)Oc1ccc(Nc2nc(NCc3ccccc3)nc(=O)n2Cc2ccc(Cl)cc2)cc1F. The van der Waals surface area contributed by atoms with E-state index in [0.29, 0.717) is 17.3 Å². The minimum absolute atomic E-state index is 0.150. The summed E-state index contributed by atoms with van der Waals surface area (Å²) < 4.78 is 21.4. The lowest BCUT2D eigenvalue weighted by Crippen LogP contribution is -2.28. The zero-order chi connectivity index (χ0) is 24.8. The van der Waals surface area contributed by atoms with Gasteiger partial charge in [-0.15, -0.1) is 0 Å². The molecule has 0 saturated carbocycles. The topological polar surface area (TPSA) is 81.1 Å². The van der Waals surface area contributed by atoms with Gasteiger partial charge in [0.1, 0.15) is 0 Å². The number of hydrogen-bond acceptors (Lipinski definition) is 6. The second kappa shape index (κ2) is 11.0. The van der Waals surface area contributed by atoms with E-state index in [-0.39, 0.29) is 30.3 Å². The molecule has 0 atom stereocenters. The van der Waals surface area contributed by atoms with Crippen molar-refractivity contribution in [1.82, 2.24) is 14.5 Å². The molecule has 1 heterocycles. The second-order valence-corrected chi connectivity index (χ2v) is 8.58. The van der Waals surface area contributed by atoms with Gasteiger partial charge in [0.15, 0.2) is 11.6 Å². The first-order valence-corrected chi connectivity index (χ1v) is 11.5. The van der Waals surface area contributed by atoms with Gasteiger partial charge in [0.2, 0.25) is 11.9 Å². The van der Waals surface area contributed by atoms with Crippen molar-refractivity contribution in [3.63, 3.8) is 0 Å². The van der Waals surface area contributed by atoms with Gasteiger partial charge >= 0.3 is 5.69 Å². The number of rotatable bonds is 9. The van der Waals surface area contributed by atoms with Crippen molar-refractivity contribution in [2.45, 2.75) is 33.0 Å². The van der Waals surface area contributed by atoms with Gasteiger partial charge in [-0.05, 0) is 49.2 Å². The highest BCUT2D eigenvalue weighted by atomic mass is 35.5. The summed E-state index contributed by atoms with van der Waals surface area (Å²) in [6.07, 6.45) is -0.159. The fraction of sp³-hybridized carbons (Fsp3) is 0.192. The zero-order valence-electron chi connectivity index (χ0n) is 19.3. The average Bonchev–Trinajstić information content (AvgIpc) is 2.83. The third kappa shape index (κ3) is 6.58. The Kier molecular flexibility index (Phi) is 7.62. The van der Waals surface area contributed by atoms with Gasteiger partial charge in [-0.3, -0.25) is 4.57 Å². The Morgan fingerprint density at radius 3 is 2.43 bits per heavy atom. The summed E-state index contributed by atoms with van der Waals surface area (Å²) in [6, 6.07) is 21.3. The van der Waals surface area contributed by atoms with Crippen LogP contribution in [0.4, 0.5) is 22.0 Å². The zero-order valence-corrected chi connectivity index (χ0v) is 20.1. The summed E-state index contributed by atoms with van der Waals surface area (Å²) in [6.45, 7) is 4.29. The third-order valence-corrected chi connectivity index (χ3v) is 5.25. The normalized spacial score (nSPS) is 10.9. The molecule has 4 aromatic rings. The molecule has 35 heavy (non-hydrogen) atoms. The fourth-order valence-electron chi connectivity index (χ4n) is 3.35. The van der Waals surface area contributed by atoms with Gasteiger partial charge in [0.05, 0.1) is 12.6 Å². The Labute approximate surface area is 207 Å². The summed E-state index contributed by atoms with van der Waals surface area (Å²) in [5.41, 5.74) is 1.75. The molecule has 0 fully saturated rings. The first-order chi connectivity index (χ1) is 16.9. The number of ether oxygens (including phenoxy) is 1. The first kappa shape index (κ1) is 24.2. The van der Waals surface area contributed by atoms with Gasteiger partial charge in [0, 0.05) is 23.3 Å². The number of benzene rings is 3. The Hall–Kier alpha value is -3.91. The molecular formula is C26H25ClFN5O2. The summed E-state index contributed by atoms with van der Waals surface area (Å²) in [5.74, 6) is 0.00479. The van der Waals surface area contributed by atoms with Crippen molar-refractivity contribution in [2.75, 3.05) is 10.6 Å². The maximum atomic E-state index is 14.6. The molecular weight excluding hydrogens is 469 g/mol. The summed E-state index contributed by atoms with van der Waals surface area (Å²) in [7, 11) is 0. The lowest BCUT2D eigenvalue weighted by atomic mass is 10.2. The van der Waals surface area contributed by atoms with Gasteiger partial charge in [0.25, 0.3) is 0 Å². The minimum atomic E-state index is -0.521. The highest BCUT2D eigenvalue weighted by Crippen LogP contribution is 2.24. The van der Waals surface area contributed by atoms with Gasteiger partial charge < -0.3 is 15.4 Å². The van der Waals surface area contributed by atoms with E-state index >= 15 is 0 Å². The van der Waals surface area contributed by atoms with Crippen LogP contribution in [0.5, 0.6) is 5.75 Å². The van der Waals surface area contributed by atoms with E-state index in [9.17, 15) is 9.18 Å². The van der Waals surface area contributed by atoms with Crippen LogP contribution in [0.1, 0.15) is 25.0 Å². The fourth-order valence-corrected chi connectivity index (χ4v) is 3.48. The molecule has 180 valence electrons. The van der Waals surface area contributed by atoms with Crippen LogP contribution in [0.25, 0.3) is 0 Å².